The summed E-state index contributed by atoms with van der Waals surface area (Å²) in [6, 6.07) is 68.3. The van der Waals surface area contributed by atoms with E-state index in [1.807, 2.05) is 0 Å². The first-order valence-corrected chi connectivity index (χ1v) is 26.3. The summed E-state index contributed by atoms with van der Waals surface area (Å²) in [6.45, 7) is 4.82. The van der Waals surface area contributed by atoms with Gasteiger partial charge in [0.15, 0.2) is 5.41 Å². The average molecular weight is 929 g/mol. The number of nitrogens with zero attached hydrogens (tertiary/aromatic N) is 2. The monoisotopic (exact) mass is 928 g/mol. The molecular formula is C59H55BN2O4P2. The first-order chi connectivity index (χ1) is 33.3. The molecule has 0 fully saturated rings. The molecule has 338 valence electrons. The topological polar surface area (TPSA) is 59.1 Å². The van der Waals surface area contributed by atoms with E-state index in [2.05, 4.69) is 211 Å². The molecule has 0 spiro atoms. The Morgan fingerprint density at radius 1 is 0.574 bits per heavy atom. The highest BCUT2D eigenvalue weighted by Gasteiger charge is 2.55. The van der Waals surface area contributed by atoms with Crippen molar-refractivity contribution < 1.29 is 19.1 Å². The van der Waals surface area contributed by atoms with Crippen LogP contribution in [0.5, 0.6) is 0 Å². The van der Waals surface area contributed by atoms with Crippen LogP contribution in [-0.4, -0.2) is 39.3 Å². The minimum atomic E-state index is -1.49. The van der Waals surface area contributed by atoms with Gasteiger partial charge in [-0.1, -0.05) is 176 Å². The molecule has 6 nitrogen and oxygen atoms in total. The van der Waals surface area contributed by atoms with Gasteiger partial charge in [-0.3, -0.25) is 9.59 Å². The SMILES string of the molecule is COC(=O)C1(C(=O)OC)Cc2c(C)c(CCCP(c3ccccc3)c3ccccc3)c(B3N(Cc4ccccc4)c4cccc5cccc(c45)N3P(c3ccccc3)c3ccccc3)c(C)c2C1. The molecule has 8 aromatic carbocycles. The first-order valence-electron chi connectivity index (χ1n) is 23.5. The molecule has 9 heteroatoms. The van der Waals surface area contributed by atoms with E-state index in [0.29, 0.717) is 6.54 Å². The molecule has 8 aromatic rings. The van der Waals surface area contributed by atoms with Gasteiger partial charge in [0, 0.05) is 44.2 Å². The number of benzene rings is 8. The number of hydrogen-bond acceptors (Lipinski definition) is 6. The van der Waals surface area contributed by atoms with Crippen LogP contribution in [0.2, 0.25) is 0 Å². The van der Waals surface area contributed by atoms with Gasteiger partial charge in [0.05, 0.1) is 14.2 Å². The lowest BCUT2D eigenvalue weighted by Crippen LogP contribution is -2.63. The van der Waals surface area contributed by atoms with Crippen molar-refractivity contribution in [2.24, 2.45) is 5.41 Å². The van der Waals surface area contributed by atoms with Crippen LogP contribution >= 0.6 is 16.0 Å². The summed E-state index contributed by atoms with van der Waals surface area (Å²) in [5.74, 6) is -1.11. The summed E-state index contributed by atoms with van der Waals surface area (Å²) >= 11 is 0. The molecule has 2 aliphatic rings. The molecule has 0 amide bonds. The standard InChI is InChI=1S/C59H55BN2O4P2/c1-42-50(35-22-38-67(46-27-12-6-13-28-46)47-29-14-7-15-30-47)56(43(2)52-40-59(39-51(42)52,57(63)65-3)58(64)66-4)60-61(41-44-23-10-5-11-24-44)53-36-20-25-45-26-21-37-54(55(45)53)62(60)68(48-31-16-8-17-32-48)49-33-18-9-19-34-49/h5-21,23-34,36-37H,22,35,38-41H2,1-4H3. The molecule has 10 rings (SSSR count). The quantitative estimate of drug-likeness (QED) is 0.0469. The molecule has 1 heterocycles. The van der Waals surface area contributed by atoms with Gasteiger partial charge in [0.2, 0.25) is 0 Å². The van der Waals surface area contributed by atoms with E-state index in [0.717, 1.165) is 41.3 Å². The maximum atomic E-state index is 14.0. The van der Waals surface area contributed by atoms with Gasteiger partial charge < -0.3 is 18.9 Å². The molecule has 0 aromatic heterocycles. The molecule has 0 N–H and O–H groups in total. The van der Waals surface area contributed by atoms with E-state index in [4.69, 9.17) is 9.47 Å². The van der Waals surface area contributed by atoms with Gasteiger partial charge in [0.1, 0.15) is 0 Å². The molecule has 0 unspecified atom stereocenters. The van der Waals surface area contributed by atoms with Gasteiger partial charge in [0.25, 0.3) is 0 Å². The maximum absolute atomic E-state index is 14.0. The number of carbonyl (C=O) groups is 2. The smallest absolute Gasteiger partial charge is 0.416 e. The Morgan fingerprint density at radius 3 is 1.56 bits per heavy atom. The maximum Gasteiger partial charge on any atom is 0.416 e. The number of rotatable bonds is 14. The lowest BCUT2D eigenvalue weighted by Gasteiger charge is -2.49. The van der Waals surface area contributed by atoms with Crippen LogP contribution in [0.4, 0.5) is 11.4 Å². The van der Waals surface area contributed by atoms with E-state index in [9.17, 15) is 9.59 Å². The number of carbonyl (C=O) groups excluding carboxylic acids is 2. The molecule has 1 aliphatic carbocycles. The molecule has 0 saturated heterocycles. The van der Waals surface area contributed by atoms with Crippen LogP contribution in [0.25, 0.3) is 10.8 Å². The van der Waals surface area contributed by atoms with Crippen LogP contribution in [0.1, 0.15) is 39.8 Å². The third kappa shape index (κ3) is 8.20. The fourth-order valence-corrected chi connectivity index (χ4v) is 15.9. The number of esters is 2. The Kier molecular flexibility index (Phi) is 13.1. The summed E-state index contributed by atoms with van der Waals surface area (Å²) in [6.07, 6.45) is 3.18. The fourth-order valence-electron chi connectivity index (χ4n) is 11.0. The van der Waals surface area contributed by atoms with Crippen LogP contribution in [-0.2, 0) is 44.9 Å². The largest absolute Gasteiger partial charge is 0.468 e. The Morgan fingerprint density at radius 2 is 1.04 bits per heavy atom. The third-order valence-electron chi connectivity index (χ3n) is 14.1. The molecule has 68 heavy (non-hydrogen) atoms. The zero-order valence-corrected chi connectivity index (χ0v) is 40.9. The highest BCUT2D eigenvalue weighted by molar-refractivity contribution is 7.76. The van der Waals surface area contributed by atoms with Crippen molar-refractivity contribution in [3.63, 3.8) is 0 Å². The number of fused-ring (bicyclic) bond motifs is 1. The Hall–Kier alpha value is -6.52. The Labute approximate surface area is 403 Å². The van der Waals surface area contributed by atoms with Gasteiger partial charge in [-0.2, -0.15) is 0 Å². The van der Waals surface area contributed by atoms with Crippen molar-refractivity contribution >= 4 is 83.7 Å². The van der Waals surface area contributed by atoms with Gasteiger partial charge in [-0.05, 0) is 118 Å². The average Bonchev–Trinajstić information content (AvgIpc) is 3.82. The number of methoxy groups -OCH3 is 2. The molecule has 0 bridgehead atoms. The van der Waals surface area contributed by atoms with Crippen LogP contribution in [0.3, 0.4) is 0 Å². The Balaban J connectivity index is 1.25. The third-order valence-corrected chi connectivity index (χ3v) is 19.2. The van der Waals surface area contributed by atoms with Crippen molar-refractivity contribution in [2.45, 2.75) is 46.1 Å². The normalized spacial score (nSPS) is 13.8. The van der Waals surface area contributed by atoms with Crippen molar-refractivity contribution in [1.29, 1.82) is 0 Å². The van der Waals surface area contributed by atoms with Gasteiger partial charge >= 0.3 is 18.9 Å². The highest BCUT2D eigenvalue weighted by atomic mass is 31.1. The van der Waals surface area contributed by atoms with Crippen LogP contribution in [0, 0.1) is 19.3 Å². The fraction of sp³-hybridized carbons (Fsp3) is 0.186. The number of anilines is 2. The first kappa shape index (κ1) is 45.3. The van der Waals surface area contributed by atoms with Crippen molar-refractivity contribution in [3.05, 3.63) is 221 Å². The van der Waals surface area contributed by atoms with Crippen molar-refractivity contribution in [1.82, 2.24) is 0 Å². The zero-order valence-electron chi connectivity index (χ0n) is 39.1. The van der Waals surface area contributed by atoms with E-state index < -0.39 is 33.3 Å². The van der Waals surface area contributed by atoms with E-state index in [-0.39, 0.29) is 19.8 Å². The summed E-state index contributed by atoms with van der Waals surface area (Å²) < 4.78 is 13.7. The van der Waals surface area contributed by atoms with Gasteiger partial charge in [-0.15, -0.1) is 0 Å². The summed E-state index contributed by atoms with van der Waals surface area (Å²) in [7, 11) is 0.892. The van der Waals surface area contributed by atoms with Crippen LogP contribution < -0.4 is 36.1 Å². The lowest BCUT2D eigenvalue weighted by atomic mass is 9.58. The van der Waals surface area contributed by atoms with Crippen molar-refractivity contribution in [3.8, 4) is 0 Å². The van der Waals surface area contributed by atoms with E-state index >= 15 is 0 Å². The van der Waals surface area contributed by atoms with E-state index in [1.54, 1.807) is 0 Å². The molecule has 1 aliphatic heterocycles. The second-order valence-electron chi connectivity index (χ2n) is 17.9. The number of hydrogen-bond donors (Lipinski definition) is 0. The van der Waals surface area contributed by atoms with Gasteiger partial charge in [-0.25, -0.2) is 0 Å². The predicted octanol–water partition coefficient (Wildman–Crippen LogP) is 10.2. The molecule has 0 saturated carbocycles. The van der Waals surface area contributed by atoms with Crippen LogP contribution in [0.15, 0.2) is 188 Å². The molecular weight excluding hydrogens is 873 g/mol. The van der Waals surface area contributed by atoms with Crippen molar-refractivity contribution in [2.75, 3.05) is 29.8 Å². The molecule has 0 atom stereocenters. The summed E-state index contributed by atoms with van der Waals surface area (Å²) in [5, 5.41) is 7.65. The predicted molar refractivity (Wildman–Crippen MR) is 286 cm³/mol. The molecule has 0 radical (unpaired) electrons. The zero-order chi connectivity index (χ0) is 46.8. The second-order valence-corrected chi connectivity index (χ2v) is 22.3. The minimum absolute atomic E-state index is 0.207. The second kappa shape index (κ2) is 19.6. The highest BCUT2D eigenvalue weighted by Crippen LogP contribution is 2.53. The lowest BCUT2D eigenvalue weighted by molar-refractivity contribution is -0.168. The Bertz CT molecular complexity index is 2990. The number of ether oxygens (including phenoxy) is 2. The minimum Gasteiger partial charge on any atom is -0.468 e. The summed E-state index contributed by atoms with van der Waals surface area (Å²) in [5.41, 5.74) is 8.94. The van der Waals surface area contributed by atoms with E-state index in [1.165, 1.54) is 74.2 Å². The summed E-state index contributed by atoms with van der Waals surface area (Å²) in [4.78, 5) is 30.7.